The van der Waals surface area contributed by atoms with Gasteiger partial charge >= 0.3 is 0 Å². The van der Waals surface area contributed by atoms with E-state index in [1.54, 1.807) is 13.3 Å². The van der Waals surface area contributed by atoms with Gasteiger partial charge in [-0.05, 0) is 92.4 Å². The number of methoxy groups -OCH3 is 1. The van der Waals surface area contributed by atoms with E-state index in [-0.39, 0.29) is 0 Å². The first kappa shape index (κ1) is 23.6. The third-order valence-corrected chi connectivity index (χ3v) is 7.31. The van der Waals surface area contributed by atoms with Crippen molar-refractivity contribution in [1.82, 2.24) is 9.88 Å². The molecule has 1 saturated heterocycles. The third kappa shape index (κ3) is 6.32. The Morgan fingerprint density at radius 1 is 0.914 bits per heavy atom. The molecule has 0 N–H and O–H groups in total. The second-order valence-electron chi connectivity index (χ2n) is 9.82. The van der Waals surface area contributed by atoms with Gasteiger partial charge < -0.3 is 9.47 Å². The van der Waals surface area contributed by atoms with Crippen LogP contribution in [0.3, 0.4) is 0 Å². The highest BCUT2D eigenvalue weighted by Gasteiger charge is 2.19. The highest BCUT2D eigenvalue weighted by molar-refractivity contribution is 5.67. The number of ether oxygens (including phenoxy) is 2. The molecule has 0 radical (unpaired) electrons. The molecule has 2 aliphatic rings. The smallest absolute Gasteiger partial charge is 0.217 e. The maximum absolute atomic E-state index is 6.20. The van der Waals surface area contributed by atoms with Gasteiger partial charge in [0.2, 0.25) is 5.88 Å². The molecule has 4 nitrogen and oxygen atoms in total. The number of pyridine rings is 1. The van der Waals surface area contributed by atoms with Crippen molar-refractivity contribution in [3.63, 3.8) is 0 Å². The van der Waals surface area contributed by atoms with Gasteiger partial charge in [0.1, 0.15) is 5.75 Å². The Labute approximate surface area is 209 Å². The normalized spacial score (nSPS) is 17.7. The van der Waals surface area contributed by atoms with Gasteiger partial charge in [-0.25, -0.2) is 4.98 Å². The summed E-state index contributed by atoms with van der Waals surface area (Å²) in [7, 11) is 1.69. The lowest BCUT2D eigenvalue weighted by molar-refractivity contribution is 0.193. The summed E-state index contributed by atoms with van der Waals surface area (Å²) in [6, 6.07) is 21.5. The first-order chi connectivity index (χ1) is 17.3. The van der Waals surface area contributed by atoms with E-state index in [1.807, 2.05) is 6.07 Å². The number of allylic oxidation sites excluding steroid dienone is 1. The van der Waals surface area contributed by atoms with E-state index in [9.17, 15) is 0 Å². The van der Waals surface area contributed by atoms with Crippen molar-refractivity contribution in [2.45, 2.75) is 51.2 Å². The number of hydrogen-bond acceptors (Lipinski definition) is 4. The Bertz CT molecular complexity index is 1110. The molecule has 1 aliphatic heterocycles. The Balaban J connectivity index is 1.13. The minimum atomic E-state index is 0.391. The Morgan fingerprint density at radius 3 is 2.49 bits per heavy atom. The van der Waals surface area contributed by atoms with Crippen LogP contribution >= 0.6 is 0 Å². The minimum absolute atomic E-state index is 0.391. The fraction of sp³-hybridized carbons (Fsp3) is 0.387. The minimum Gasteiger partial charge on any atom is -0.490 e. The second kappa shape index (κ2) is 11.5. The van der Waals surface area contributed by atoms with Crippen LogP contribution in [0.4, 0.5) is 0 Å². The summed E-state index contributed by atoms with van der Waals surface area (Å²) in [5, 5.41) is 0. The van der Waals surface area contributed by atoms with E-state index in [2.05, 4.69) is 76.6 Å². The SMILES string of the molecule is COc1ncccc1CN1CCC(C=Cc2ccc(-c3cccc(OC4CCCC4)c3)cc2)CC1. The Morgan fingerprint density at radius 2 is 1.71 bits per heavy atom. The molecule has 1 aromatic heterocycles. The maximum atomic E-state index is 6.20. The summed E-state index contributed by atoms with van der Waals surface area (Å²) in [5.41, 5.74) is 4.88. The third-order valence-electron chi connectivity index (χ3n) is 7.31. The van der Waals surface area contributed by atoms with Gasteiger partial charge in [-0.2, -0.15) is 0 Å². The molecule has 0 spiro atoms. The van der Waals surface area contributed by atoms with Crippen LogP contribution < -0.4 is 9.47 Å². The van der Waals surface area contributed by atoms with Crippen molar-refractivity contribution in [1.29, 1.82) is 0 Å². The summed E-state index contributed by atoms with van der Waals surface area (Å²) in [5.74, 6) is 2.36. The van der Waals surface area contributed by atoms with Gasteiger partial charge in [0.25, 0.3) is 0 Å². The number of likely N-dealkylation sites (tertiary alicyclic amines) is 1. The molecule has 0 bridgehead atoms. The van der Waals surface area contributed by atoms with Crippen LogP contribution in [0.15, 0.2) is 72.9 Å². The molecule has 35 heavy (non-hydrogen) atoms. The van der Waals surface area contributed by atoms with E-state index in [1.165, 1.54) is 60.8 Å². The highest BCUT2D eigenvalue weighted by atomic mass is 16.5. The zero-order valence-corrected chi connectivity index (χ0v) is 20.7. The van der Waals surface area contributed by atoms with Crippen LogP contribution in [-0.2, 0) is 6.54 Å². The lowest BCUT2D eigenvalue weighted by Crippen LogP contribution is -2.32. The van der Waals surface area contributed by atoms with Gasteiger partial charge in [-0.15, -0.1) is 0 Å². The Hall–Kier alpha value is -3.11. The first-order valence-corrected chi connectivity index (χ1v) is 13.0. The number of aromatic nitrogens is 1. The molecule has 0 amide bonds. The van der Waals surface area contributed by atoms with Crippen LogP contribution in [0.1, 0.15) is 49.7 Å². The monoisotopic (exact) mass is 468 g/mol. The predicted octanol–water partition coefficient (Wildman–Crippen LogP) is 7.00. The lowest BCUT2D eigenvalue weighted by Gasteiger charge is -2.30. The van der Waals surface area contributed by atoms with E-state index in [0.717, 1.165) is 31.3 Å². The molecule has 0 unspecified atom stereocenters. The van der Waals surface area contributed by atoms with Gasteiger partial charge in [0, 0.05) is 18.3 Å². The van der Waals surface area contributed by atoms with E-state index < -0.39 is 0 Å². The van der Waals surface area contributed by atoms with Crippen LogP contribution in [0.5, 0.6) is 11.6 Å². The first-order valence-electron chi connectivity index (χ1n) is 13.0. The molecule has 182 valence electrons. The summed E-state index contributed by atoms with van der Waals surface area (Å²) < 4.78 is 11.6. The molecular formula is C31H36N2O2. The van der Waals surface area contributed by atoms with Gasteiger partial charge in [-0.1, -0.05) is 54.6 Å². The summed E-state index contributed by atoms with van der Waals surface area (Å²) in [6.45, 7) is 3.11. The summed E-state index contributed by atoms with van der Waals surface area (Å²) >= 11 is 0. The zero-order valence-electron chi connectivity index (χ0n) is 20.7. The second-order valence-corrected chi connectivity index (χ2v) is 9.82. The van der Waals surface area contributed by atoms with E-state index in [4.69, 9.17) is 9.47 Å². The molecule has 0 atom stereocenters. The highest BCUT2D eigenvalue weighted by Crippen LogP contribution is 2.29. The average Bonchev–Trinajstić information content (AvgIpc) is 3.42. The molecule has 2 aromatic carbocycles. The van der Waals surface area contributed by atoms with Crippen molar-refractivity contribution >= 4 is 6.08 Å². The van der Waals surface area contributed by atoms with Crippen molar-refractivity contribution in [3.8, 4) is 22.8 Å². The average molecular weight is 469 g/mol. The van der Waals surface area contributed by atoms with E-state index in [0.29, 0.717) is 12.0 Å². The molecule has 1 aliphatic carbocycles. The quantitative estimate of drug-likeness (QED) is 0.356. The topological polar surface area (TPSA) is 34.6 Å². The van der Waals surface area contributed by atoms with Crippen LogP contribution in [0.25, 0.3) is 17.2 Å². The molecular weight excluding hydrogens is 432 g/mol. The van der Waals surface area contributed by atoms with Gasteiger partial charge in [0.05, 0.1) is 13.2 Å². The summed E-state index contributed by atoms with van der Waals surface area (Å²) in [4.78, 5) is 6.83. The number of piperidine rings is 1. The Kier molecular flexibility index (Phi) is 7.79. The number of benzene rings is 2. The number of nitrogens with zero attached hydrogens (tertiary/aromatic N) is 2. The van der Waals surface area contributed by atoms with E-state index >= 15 is 0 Å². The molecule has 1 saturated carbocycles. The van der Waals surface area contributed by atoms with Crippen LogP contribution in [-0.4, -0.2) is 36.2 Å². The van der Waals surface area contributed by atoms with Crippen molar-refractivity contribution in [2.24, 2.45) is 5.92 Å². The van der Waals surface area contributed by atoms with Crippen LogP contribution in [0, 0.1) is 5.92 Å². The van der Waals surface area contributed by atoms with Crippen molar-refractivity contribution < 1.29 is 9.47 Å². The largest absolute Gasteiger partial charge is 0.490 e. The van der Waals surface area contributed by atoms with Gasteiger partial charge in [-0.3, -0.25) is 4.90 Å². The molecule has 2 heterocycles. The van der Waals surface area contributed by atoms with Crippen molar-refractivity contribution in [2.75, 3.05) is 20.2 Å². The fourth-order valence-electron chi connectivity index (χ4n) is 5.25. The lowest BCUT2D eigenvalue weighted by atomic mass is 9.95. The number of hydrogen-bond donors (Lipinski definition) is 0. The standard InChI is InChI=1S/C31H36N2O2/c1-34-31-28(7-5-19-32-31)23-33-20-17-25(18-21-33)12-11-24-13-15-26(16-14-24)27-6-4-10-30(22-27)35-29-8-2-3-9-29/h4-7,10-16,19,22,25,29H,2-3,8-9,17-18,20-21,23H2,1H3. The fourth-order valence-corrected chi connectivity index (χ4v) is 5.25. The maximum Gasteiger partial charge on any atom is 0.217 e. The predicted molar refractivity (Wildman–Crippen MR) is 143 cm³/mol. The molecule has 2 fully saturated rings. The van der Waals surface area contributed by atoms with Crippen LogP contribution in [0.2, 0.25) is 0 Å². The number of rotatable bonds is 8. The molecule has 5 rings (SSSR count). The molecule has 4 heteroatoms. The van der Waals surface area contributed by atoms with Crippen molar-refractivity contribution in [3.05, 3.63) is 84.1 Å². The molecule has 3 aromatic rings. The summed E-state index contributed by atoms with van der Waals surface area (Å²) in [6.07, 6.45) is 14.2. The zero-order chi connectivity index (χ0) is 23.9. The van der Waals surface area contributed by atoms with Gasteiger partial charge in [0.15, 0.2) is 0 Å².